The van der Waals surface area contributed by atoms with E-state index < -0.39 is 11.9 Å². The first-order chi connectivity index (χ1) is 10.6. The van der Waals surface area contributed by atoms with Crippen molar-refractivity contribution in [1.82, 2.24) is 0 Å². The Kier molecular flexibility index (Phi) is 7.43. The zero-order valence-corrected chi connectivity index (χ0v) is 13.7. The summed E-state index contributed by atoms with van der Waals surface area (Å²) < 4.78 is 15.6. The number of ether oxygens (including phenoxy) is 3. The molecule has 0 aliphatic carbocycles. The number of ketones is 1. The molecule has 122 valence electrons. The van der Waals surface area contributed by atoms with Gasteiger partial charge in [0.05, 0.1) is 20.8 Å². The van der Waals surface area contributed by atoms with Crippen molar-refractivity contribution in [3.05, 3.63) is 23.8 Å². The van der Waals surface area contributed by atoms with Crippen LogP contribution in [0.25, 0.3) is 0 Å². The van der Waals surface area contributed by atoms with Crippen LogP contribution < -0.4 is 9.47 Å². The van der Waals surface area contributed by atoms with Crippen LogP contribution >= 0.6 is 0 Å². The highest BCUT2D eigenvalue weighted by atomic mass is 16.5. The quantitative estimate of drug-likeness (QED) is 0.398. The number of hydrogen-bond acceptors (Lipinski definition) is 5. The molecule has 0 radical (unpaired) electrons. The van der Waals surface area contributed by atoms with Gasteiger partial charge in [-0.2, -0.15) is 0 Å². The number of hydrogen-bond donors (Lipinski definition) is 0. The van der Waals surface area contributed by atoms with Crippen LogP contribution in [0.2, 0.25) is 0 Å². The van der Waals surface area contributed by atoms with Crippen LogP contribution in [-0.2, 0) is 9.53 Å². The minimum atomic E-state index is -0.829. The maximum absolute atomic E-state index is 12.9. The van der Waals surface area contributed by atoms with Gasteiger partial charge < -0.3 is 14.2 Å². The summed E-state index contributed by atoms with van der Waals surface area (Å²) in [5.74, 6) is -0.842. The molecule has 0 fully saturated rings. The fourth-order valence-electron chi connectivity index (χ4n) is 2.28. The van der Waals surface area contributed by atoms with Gasteiger partial charge in [0.1, 0.15) is 23.0 Å². The van der Waals surface area contributed by atoms with Crippen molar-refractivity contribution in [2.24, 2.45) is 5.92 Å². The van der Waals surface area contributed by atoms with Gasteiger partial charge in [-0.3, -0.25) is 9.59 Å². The van der Waals surface area contributed by atoms with E-state index in [4.69, 9.17) is 14.2 Å². The monoisotopic (exact) mass is 308 g/mol. The summed E-state index contributed by atoms with van der Waals surface area (Å²) in [6, 6.07) is 5.09. The summed E-state index contributed by atoms with van der Waals surface area (Å²) in [6.07, 6.45) is 2.12. The van der Waals surface area contributed by atoms with Gasteiger partial charge in [0.2, 0.25) is 0 Å². The zero-order valence-electron chi connectivity index (χ0n) is 13.7. The number of Topliss-reactive ketones (excluding diaryl/α,β-unsaturated/α-hetero) is 1. The molecule has 0 aliphatic heterocycles. The van der Waals surface area contributed by atoms with E-state index in [1.807, 2.05) is 6.92 Å². The van der Waals surface area contributed by atoms with E-state index in [0.29, 0.717) is 23.5 Å². The first kappa shape index (κ1) is 18.0. The van der Waals surface area contributed by atoms with E-state index in [-0.39, 0.29) is 12.4 Å². The minimum absolute atomic E-state index is 0.248. The molecule has 0 spiro atoms. The van der Waals surface area contributed by atoms with Crippen molar-refractivity contribution in [3.8, 4) is 11.5 Å². The van der Waals surface area contributed by atoms with Crippen molar-refractivity contribution in [2.75, 3.05) is 20.8 Å². The van der Waals surface area contributed by atoms with Crippen LogP contribution in [-0.4, -0.2) is 32.6 Å². The lowest BCUT2D eigenvalue weighted by molar-refractivity contribution is -0.146. The number of carbonyl (C=O) groups excluding carboxylic acids is 2. The fourth-order valence-corrected chi connectivity index (χ4v) is 2.28. The van der Waals surface area contributed by atoms with Gasteiger partial charge in [-0.25, -0.2) is 0 Å². The highest BCUT2D eigenvalue weighted by Gasteiger charge is 2.32. The van der Waals surface area contributed by atoms with Crippen LogP contribution in [0, 0.1) is 5.92 Å². The summed E-state index contributed by atoms with van der Waals surface area (Å²) in [7, 11) is 2.97. The minimum Gasteiger partial charge on any atom is -0.496 e. The number of unbranched alkanes of at least 4 members (excludes halogenated alkanes) is 1. The van der Waals surface area contributed by atoms with Crippen LogP contribution in [0.1, 0.15) is 43.5 Å². The maximum atomic E-state index is 12.9. The lowest BCUT2D eigenvalue weighted by Gasteiger charge is -2.18. The number of carbonyl (C=O) groups is 2. The second-order valence-electron chi connectivity index (χ2n) is 4.85. The summed E-state index contributed by atoms with van der Waals surface area (Å²) >= 11 is 0. The van der Waals surface area contributed by atoms with Crippen molar-refractivity contribution in [1.29, 1.82) is 0 Å². The predicted molar refractivity (Wildman–Crippen MR) is 83.5 cm³/mol. The second-order valence-corrected chi connectivity index (χ2v) is 4.85. The first-order valence-electron chi connectivity index (χ1n) is 7.52. The molecule has 1 atom stereocenters. The fraction of sp³-hybridized carbons (Fsp3) is 0.529. The number of rotatable bonds is 9. The normalized spacial score (nSPS) is 11.6. The molecule has 0 bridgehead atoms. The maximum Gasteiger partial charge on any atom is 0.316 e. The second kappa shape index (κ2) is 9.07. The topological polar surface area (TPSA) is 61.8 Å². The van der Waals surface area contributed by atoms with Crippen LogP contribution in [0.5, 0.6) is 11.5 Å². The molecule has 0 N–H and O–H groups in total. The van der Waals surface area contributed by atoms with Gasteiger partial charge in [-0.1, -0.05) is 25.8 Å². The van der Waals surface area contributed by atoms with E-state index in [9.17, 15) is 9.59 Å². The van der Waals surface area contributed by atoms with Crippen LogP contribution in [0.4, 0.5) is 0 Å². The Hall–Kier alpha value is -2.04. The SMILES string of the molecule is CCCCC(C(=O)OCC)C(=O)c1c(OC)cccc1OC. The zero-order chi connectivity index (χ0) is 16.5. The van der Waals surface area contributed by atoms with E-state index in [2.05, 4.69) is 0 Å². The molecule has 5 nitrogen and oxygen atoms in total. The van der Waals surface area contributed by atoms with Gasteiger partial charge >= 0.3 is 5.97 Å². The Morgan fingerprint density at radius 1 is 1.09 bits per heavy atom. The molecule has 0 aromatic heterocycles. The summed E-state index contributed by atoms with van der Waals surface area (Å²) in [6.45, 7) is 3.98. The lowest BCUT2D eigenvalue weighted by atomic mass is 9.91. The first-order valence-corrected chi connectivity index (χ1v) is 7.52. The molecule has 0 saturated heterocycles. The van der Waals surface area contributed by atoms with Gasteiger partial charge in [0, 0.05) is 0 Å². The van der Waals surface area contributed by atoms with Crippen LogP contribution in [0.15, 0.2) is 18.2 Å². The molecule has 0 heterocycles. The van der Waals surface area contributed by atoms with Crippen molar-refractivity contribution in [3.63, 3.8) is 0 Å². The molecule has 1 aromatic rings. The molecule has 1 rings (SSSR count). The van der Waals surface area contributed by atoms with Gasteiger partial charge in [-0.15, -0.1) is 0 Å². The third kappa shape index (κ3) is 4.23. The smallest absolute Gasteiger partial charge is 0.316 e. The van der Waals surface area contributed by atoms with Gasteiger partial charge in [-0.05, 0) is 25.5 Å². The van der Waals surface area contributed by atoms with Gasteiger partial charge in [0.15, 0.2) is 5.78 Å². The van der Waals surface area contributed by atoms with E-state index in [1.54, 1.807) is 25.1 Å². The Balaban J connectivity index is 3.20. The highest BCUT2D eigenvalue weighted by molar-refractivity contribution is 6.11. The molecule has 0 amide bonds. The average molecular weight is 308 g/mol. The van der Waals surface area contributed by atoms with Crippen molar-refractivity contribution in [2.45, 2.75) is 33.1 Å². The Morgan fingerprint density at radius 3 is 2.14 bits per heavy atom. The van der Waals surface area contributed by atoms with E-state index in [0.717, 1.165) is 12.8 Å². The Morgan fingerprint density at radius 2 is 1.68 bits per heavy atom. The van der Waals surface area contributed by atoms with Crippen LogP contribution in [0.3, 0.4) is 0 Å². The largest absolute Gasteiger partial charge is 0.496 e. The molecule has 5 heteroatoms. The predicted octanol–water partition coefficient (Wildman–Crippen LogP) is 3.26. The molecular weight excluding hydrogens is 284 g/mol. The molecule has 22 heavy (non-hydrogen) atoms. The lowest BCUT2D eigenvalue weighted by Crippen LogP contribution is -2.27. The van der Waals surface area contributed by atoms with Crippen molar-refractivity contribution >= 4 is 11.8 Å². The molecule has 1 aromatic carbocycles. The third-order valence-electron chi connectivity index (χ3n) is 3.41. The summed E-state index contributed by atoms with van der Waals surface area (Å²) in [4.78, 5) is 25.0. The molecular formula is C17H24O5. The molecule has 0 saturated carbocycles. The molecule has 1 unspecified atom stereocenters. The average Bonchev–Trinajstić information content (AvgIpc) is 2.54. The third-order valence-corrected chi connectivity index (χ3v) is 3.41. The number of benzene rings is 1. The molecule has 0 aliphatic rings. The number of esters is 1. The van der Waals surface area contributed by atoms with E-state index >= 15 is 0 Å². The Labute approximate surface area is 131 Å². The standard InChI is InChI=1S/C17H24O5/c1-5-7-9-12(17(19)22-6-2)16(18)15-13(20-3)10-8-11-14(15)21-4/h8,10-12H,5-7,9H2,1-4H3. The van der Waals surface area contributed by atoms with E-state index in [1.165, 1.54) is 14.2 Å². The highest BCUT2D eigenvalue weighted by Crippen LogP contribution is 2.32. The Bertz CT molecular complexity index is 488. The summed E-state index contributed by atoms with van der Waals surface area (Å²) in [5.41, 5.74) is 0.293. The number of methoxy groups -OCH3 is 2. The summed E-state index contributed by atoms with van der Waals surface area (Å²) in [5, 5.41) is 0. The van der Waals surface area contributed by atoms with Crippen molar-refractivity contribution < 1.29 is 23.8 Å². The van der Waals surface area contributed by atoms with Gasteiger partial charge in [0.25, 0.3) is 0 Å².